The van der Waals surface area contributed by atoms with Crippen molar-refractivity contribution in [3.63, 3.8) is 0 Å². The third-order valence-corrected chi connectivity index (χ3v) is 11.9. The summed E-state index contributed by atoms with van der Waals surface area (Å²) in [6, 6.07) is 20.2. The molecular weight excluding hydrogens is 859 g/mol. The summed E-state index contributed by atoms with van der Waals surface area (Å²) in [5.74, 6) is 0.450. The van der Waals surface area contributed by atoms with Crippen LogP contribution < -0.4 is 26.9 Å². The third-order valence-electron chi connectivity index (χ3n) is 11.9. The van der Waals surface area contributed by atoms with Gasteiger partial charge in [-0.1, -0.05) is 64.1 Å². The molecule has 68 heavy (non-hydrogen) atoms. The number of nitrogens with one attached hydrogen (secondary N) is 2. The van der Waals surface area contributed by atoms with E-state index in [9.17, 15) is 24.0 Å². The summed E-state index contributed by atoms with van der Waals surface area (Å²) in [6.07, 6.45) is 9.44. The number of aldehydes is 1. The fraction of sp³-hybridized carbons (Fsp3) is 0.321. The Morgan fingerprint density at radius 2 is 1.34 bits per heavy atom. The Labute approximate surface area is 396 Å². The number of carbonyl (C=O) groups is 4. The van der Waals surface area contributed by atoms with Gasteiger partial charge in [-0.25, -0.2) is 15.0 Å². The predicted octanol–water partition coefficient (Wildman–Crippen LogP) is 8.07. The Hall–Kier alpha value is -7.68. The van der Waals surface area contributed by atoms with Gasteiger partial charge in [0.15, 0.2) is 0 Å². The smallest absolute Gasteiger partial charge is 0.261 e. The normalized spacial score (nSPS) is 13.1. The Morgan fingerprint density at radius 3 is 1.96 bits per heavy atom. The maximum atomic E-state index is 14.1. The van der Waals surface area contributed by atoms with Gasteiger partial charge in [-0.2, -0.15) is 0 Å². The summed E-state index contributed by atoms with van der Waals surface area (Å²) in [7, 11) is 1.56. The molecule has 0 saturated heterocycles. The molecule has 5 aromatic rings. The predicted molar refractivity (Wildman–Crippen MR) is 269 cm³/mol. The first kappa shape index (κ1) is 48.3. The molecule has 0 unspecified atom stereocenters. The van der Waals surface area contributed by atoms with Crippen LogP contribution >= 0.6 is 0 Å². The first-order valence-corrected chi connectivity index (χ1v) is 23.2. The van der Waals surface area contributed by atoms with Gasteiger partial charge in [-0.05, 0) is 103 Å². The molecule has 2 aliphatic rings. The molecule has 1 aromatic heterocycles. The summed E-state index contributed by atoms with van der Waals surface area (Å²) in [5, 5.41) is 0.310. The number of aromatic nitrogens is 2. The lowest BCUT2D eigenvalue weighted by atomic mass is 9.96. The molecule has 15 heteroatoms. The fourth-order valence-electron chi connectivity index (χ4n) is 8.62. The Bertz CT molecular complexity index is 2940. The lowest BCUT2D eigenvalue weighted by molar-refractivity contribution is -0.128. The van der Waals surface area contributed by atoms with Crippen molar-refractivity contribution in [2.24, 2.45) is 15.7 Å². The number of carbonyl (C=O) groups excluding carboxylic acids is 4. The molecule has 15 nitrogen and oxygen atoms in total. The second-order valence-electron chi connectivity index (χ2n) is 17.1. The molecular formula is C53H59N9O6. The van der Waals surface area contributed by atoms with Crippen molar-refractivity contribution in [2.75, 3.05) is 33.3 Å². The molecule has 0 saturated carbocycles. The minimum absolute atomic E-state index is 0.0718. The molecule has 2 aliphatic heterocycles. The van der Waals surface area contributed by atoms with Crippen LogP contribution in [0, 0.1) is 6.92 Å². The number of nitrogens with zero attached hydrogens (tertiary/aromatic N) is 6. The molecule has 4 aromatic carbocycles. The van der Waals surface area contributed by atoms with Gasteiger partial charge < -0.3 is 20.3 Å². The van der Waals surface area contributed by atoms with E-state index in [1.54, 1.807) is 37.4 Å². The first-order valence-electron chi connectivity index (χ1n) is 23.2. The molecule has 352 valence electrons. The zero-order valence-corrected chi connectivity index (χ0v) is 39.6. The molecule has 0 atom stereocenters. The summed E-state index contributed by atoms with van der Waals surface area (Å²) < 4.78 is 7.07. The summed E-state index contributed by atoms with van der Waals surface area (Å²) in [4.78, 5) is 84.3. The van der Waals surface area contributed by atoms with Gasteiger partial charge in [-0.15, -0.1) is 0 Å². The SMILES string of the molecule is CCCN(CCC)C(=O)C1=Cc2c(cc(-c3ccc4c(=O)n(CC(=O)NNC5=Nc6cc(-c7ccc(C=O)cc7)cc(C)c6C=C(C(=O)N(CCC)CCC)C5)cnc4c3)cc2OC)N=C(N)C1. The van der Waals surface area contributed by atoms with E-state index >= 15 is 0 Å². The summed E-state index contributed by atoms with van der Waals surface area (Å²) in [5.41, 5.74) is 20.4. The van der Waals surface area contributed by atoms with Gasteiger partial charge in [0.1, 0.15) is 30.3 Å². The molecule has 0 fully saturated rings. The lowest BCUT2D eigenvalue weighted by Crippen LogP contribution is -2.45. The standard InChI is InChI=1S/C53H59N9O6/c1-7-17-60(18-8-2)51(65)39-23-43-46(56-48(54)28-39)26-38(27-47(43)68-6)36-15-16-41-44(24-36)55-32-62(53(41)67)30-50(64)59-58-49-29-40(52(66)61(19-9-3)20-10-4)22-42-33(5)21-37(25-45(42)57-49)35-13-11-34(31-63)12-14-35/h11-16,21-27,31-32H,7-10,17-20,28-30H2,1-6H3,(H2,54,56)(H,57,58)(H,59,64). The number of amidine groups is 2. The number of fused-ring (bicyclic) bond motifs is 3. The van der Waals surface area contributed by atoms with Crippen molar-refractivity contribution in [3.05, 3.63) is 117 Å². The minimum Gasteiger partial charge on any atom is -0.496 e. The largest absolute Gasteiger partial charge is 0.496 e. The van der Waals surface area contributed by atoms with Crippen LogP contribution in [0.3, 0.4) is 0 Å². The average Bonchev–Trinajstić information content (AvgIpc) is 3.64. The average molecular weight is 918 g/mol. The van der Waals surface area contributed by atoms with Crippen molar-refractivity contribution in [1.29, 1.82) is 0 Å². The van der Waals surface area contributed by atoms with Gasteiger partial charge in [0.2, 0.25) is 11.8 Å². The van der Waals surface area contributed by atoms with Crippen LogP contribution in [-0.4, -0.2) is 88.3 Å². The molecule has 0 bridgehead atoms. The van der Waals surface area contributed by atoms with Gasteiger partial charge in [0.05, 0.1) is 35.7 Å². The van der Waals surface area contributed by atoms with Crippen molar-refractivity contribution in [1.82, 2.24) is 30.2 Å². The molecule has 4 N–H and O–H groups in total. The van der Waals surface area contributed by atoms with E-state index in [4.69, 9.17) is 20.5 Å². The highest BCUT2D eigenvalue weighted by molar-refractivity contribution is 6.07. The van der Waals surface area contributed by atoms with Crippen molar-refractivity contribution in [2.45, 2.75) is 79.7 Å². The van der Waals surface area contributed by atoms with E-state index in [1.165, 1.54) is 10.9 Å². The van der Waals surface area contributed by atoms with Crippen LogP contribution in [0.2, 0.25) is 0 Å². The molecule has 3 heterocycles. The Morgan fingerprint density at radius 1 is 0.750 bits per heavy atom. The Kier molecular flexibility index (Phi) is 15.4. The molecule has 0 spiro atoms. The van der Waals surface area contributed by atoms with E-state index in [2.05, 4.69) is 15.8 Å². The number of hydrogen-bond donors (Lipinski definition) is 3. The van der Waals surface area contributed by atoms with Crippen LogP contribution in [0.4, 0.5) is 11.4 Å². The number of aryl methyl sites for hydroxylation is 1. The summed E-state index contributed by atoms with van der Waals surface area (Å²) >= 11 is 0. The topological polar surface area (TPSA) is 194 Å². The molecule has 7 rings (SSSR count). The number of methoxy groups -OCH3 is 1. The minimum atomic E-state index is -0.535. The van der Waals surface area contributed by atoms with Crippen molar-refractivity contribution < 1.29 is 23.9 Å². The van der Waals surface area contributed by atoms with E-state index in [-0.39, 0.29) is 31.2 Å². The van der Waals surface area contributed by atoms with Crippen LogP contribution in [0.25, 0.3) is 45.3 Å². The lowest BCUT2D eigenvalue weighted by Gasteiger charge is -2.23. The van der Waals surface area contributed by atoms with Gasteiger partial charge in [0.25, 0.3) is 11.5 Å². The van der Waals surface area contributed by atoms with Crippen molar-refractivity contribution in [3.8, 4) is 28.0 Å². The van der Waals surface area contributed by atoms with Crippen LogP contribution in [0.1, 0.15) is 93.3 Å². The number of nitrogens with two attached hydrogens (primary N) is 1. The second kappa shape index (κ2) is 21.7. The monoisotopic (exact) mass is 917 g/mol. The zero-order valence-electron chi connectivity index (χ0n) is 39.6. The summed E-state index contributed by atoms with van der Waals surface area (Å²) in [6.45, 7) is 12.3. The second-order valence-corrected chi connectivity index (χ2v) is 17.1. The van der Waals surface area contributed by atoms with Gasteiger partial charge in [0, 0.05) is 66.9 Å². The highest BCUT2D eigenvalue weighted by Crippen LogP contribution is 2.40. The van der Waals surface area contributed by atoms with Crippen LogP contribution in [-0.2, 0) is 20.9 Å². The van der Waals surface area contributed by atoms with E-state index in [0.29, 0.717) is 88.2 Å². The highest BCUT2D eigenvalue weighted by atomic mass is 16.5. The maximum absolute atomic E-state index is 14.1. The highest BCUT2D eigenvalue weighted by Gasteiger charge is 2.25. The molecule has 3 amide bonds. The molecule has 0 radical (unpaired) electrons. The number of amides is 3. The number of hydrazine groups is 1. The van der Waals surface area contributed by atoms with E-state index in [0.717, 1.165) is 65.4 Å². The van der Waals surface area contributed by atoms with Crippen LogP contribution in [0.5, 0.6) is 5.75 Å². The zero-order chi connectivity index (χ0) is 48.5. The number of ether oxygens (including phenoxy) is 1. The fourth-order valence-corrected chi connectivity index (χ4v) is 8.62. The maximum Gasteiger partial charge on any atom is 0.261 e. The van der Waals surface area contributed by atoms with Crippen LogP contribution in [0.15, 0.2) is 99.0 Å². The van der Waals surface area contributed by atoms with Crippen molar-refractivity contribution >= 4 is 70.1 Å². The first-order chi connectivity index (χ1) is 32.9. The van der Waals surface area contributed by atoms with Gasteiger partial charge in [-0.3, -0.25) is 39.4 Å². The number of aliphatic imine (C=N–C) groups is 2. The number of hydrogen-bond acceptors (Lipinski definition) is 11. The quantitative estimate of drug-likeness (QED) is 0.0648. The number of benzene rings is 4. The third kappa shape index (κ3) is 10.8. The van der Waals surface area contributed by atoms with E-state index in [1.807, 2.05) is 93.0 Å². The number of rotatable bonds is 16. The van der Waals surface area contributed by atoms with E-state index < -0.39 is 11.5 Å². The van der Waals surface area contributed by atoms with Gasteiger partial charge >= 0.3 is 0 Å². The Balaban J connectivity index is 1.12. The molecule has 0 aliphatic carbocycles.